The van der Waals surface area contributed by atoms with Crippen LogP contribution >= 0.6 is 11.3 Å². The molecule has 1 aliphatic rings. The van der Waals surface area contributed by atoms with Gasteiger partial charge in [0.05, 0.1) is 17.0 Å². The Balaban J connectivity index is 1.23. The quantitative estimate of drug-likeness (QED) is 0.343. The molecule has 1 saturated heterocycles. The Morgan fingerprint density at radius 2 is 1.88 bits per heavy atom. The zero-order valence-electron chi connectivity index (χ0n) is 17.1. The molecule has 162 valence electrons. The highest BCUT2D eigenvalue weighted by Crippen LogP contribution is 2.24. The van der Waals surface area contributed by atoms with Crippen LogP contribution in [0.2, 0.25) is 0 Å². The molecule has 4 heterocycles. The highest BCUT2D eigenvalue weighted by molar-refractivity contribution is 7.15. The summed E-state index contributed by atoms with van der Waals surface area (Å²) in [6.45, 7) is 2.45. The maximum atomic E-state index is 12.9. The van der Waals surface area contributed by atoms with E-state index < -0.39 is 4.92 Å². The SMILES string of the molecule is O=C(Cc1csc2nc(-c3ccccc3)cn12)N1CCN(c2ccc([N+](=O)[O-])cn2)CC1. The average molecular weight is 449 g/mol. The molecule has 0 radical (unpaired) electrons. The number of fused-ring (bicyclic) bond motifs is 1. The Labute approximate surface area is 187 Å². The summed E-state index contributed by atoms with van der Waals surface area (Å²) in [5.74, 6) is 0.769. The Morgan fingerprint density at radius 3 is 2.56 bits per heavy atom. The van der Waals surface area contributed by atoms with E-state index in [1.54, 1.807) is 6.07 Å². The van der Waals surface area contributed by atoms with E-state index in [1.807, 2.05) is 56.1 Å². The number of carbonyl (C=O) groups is 1. The summed E-state index contributed by atoms with van der Waals surface area (Å²) in [5, 5.41) is 12.8. The highest BCUT2D eigenvalue weighted by Gasteiger charge is 2.23. The van der Waals surface area contributed by atoms with Crippen molar-refractivity contribution in [2.45, 2.75) is 6.42 Å². The van der Waals surface area contributed by atoms with Gasteiger partial charge in [-0.3, -0.25) is 19.3 Å². The molecule has 0 unspecified atom stereocenters. The van der Waals surface area contributed by atoms with E-state index >= 15 is 0 Å². The van der Waals surface area contributed by atoms with Crippen LogP contribution in [0.5, 0.6) is 0 Å². The van der Waals surface area contributed by atoms with E-state index in [-0.39, 0.29) is 11.6 Å². The molecule has 5 rings (SSSR count). The molecule has 10 heteroatoms. The van der Waals surface area contributed by atoms with Crippen molar-refractivity contribution in [1.82, 2.24) is 19.3 Å². The second-order valence-corrected chi connectivity index (χ2v) is 8.38. The number of hydrogen-bond donors (Lipinski definition) is 0. The second kappa shape index (κ2) is 8.39. The minimum absolute atomic E-state index is 0.0282. The number of carbonyl (C=O) groups excluding carboxylic acids is 1. The van der Waals surface area contributed by atoms with Gasteiger partial charge in [0.1, 0.15) is 12.0 Å². The van der Waals surface area contributed by atoms with Crippen molar-refractivity contribution >= 4 is 33.7 Å². The Bertz CT molecular complexity index is 1260. The molecule has 1 fully saturated rings. The predicted octanol–water partition coefficient (Wildman–Crippen LogP) is 3.26. The number of nitrogens with zero attached hydrogens (tertiary/aromatic N) is 6. The minimum atomic E-state index is -0.460. The van der Waals surface area contributed by atoms with E-state index in [4.69, 9.17) is 0 Å². The van der Waals surface area contributed by atoms with Crippen molar-refractivity contribution in [2.75, 3.05) is 31.1 Å². The second-order valence-electron chi connectivity index (χ2n) is 7.55. The standard InChI is InChI=1S/C22H20N6O3S/c29-21(26-10-8-25(9-11-26)20-7-6-17(13-23-20)28(30)31)12-18-15-32-22-24-19(14-27(18)22)16-4-2-1-3-5-16/h1-7,13-15H,8-12H2. The van der Waals surface area contributed by atoms with Crippen LogP contribution in [0.15, 0.2) is 60.2 Å². The summed E-state index contributed by atoms with van der Waals surface area (Å²) in [4.78, 5) is 36.9. The fraction of sp³-hybridized carbons (Fsp3) is 0.227. The van der Waals surface area contributed by atoms with Crippen LogP contribution in [0.25, 0.3) is 16.2 Å². The number of piperazine rings is 1. The van der Waals surface area contributed by atoms with Crippen LogP contribution in [0.3, 0.4) is 0 Å². The maximum Gasteiger partial charge on any atom is 0.287 e. The molecule has 9 nitrogen and oxygen atoms in total. The third-order valence-electron chi connectivity index (χ3n) is 5.58. The van der Waals surface area contributed by atoms with Crippen molar-refractivity contribution in [3.8, 4) is 11.3 Å². The number of thiazole rings is 1. The topological polar surface area (TPSA) is 96.9 Å². The number of imidazole rings is 1. The summed E-state index contributed by atoms with van der Waals surface area (Å²) < 4.78 is 2.00. The van der Waals surface area contributed by atoms with Crippen molar-refractivity contribution < 1.29 is 9.72 Å². The van der Waals surface area contributed by atoms with Crippen molar-refractivity contribution in [3.63, 3.8) is 0 Å². The average Bonchev–Trinajstić information content (AvgIpc) is 3.42. The summed E-state index contributed by atoms with van der Waals surface area (Å²) in [6.07, 6.45) is 3.58. The lowest BCUT2D eigenvalue weighted by atomic mass is 10.2. The van der Waals surface area contributed by atoms with Crippen molar-refractivity contribution in [3.05, 3.63) is 76.0 Å². The summed E-state index contributed by atoms with van der Waals surface area (Å²) in [6, 6.07) is 13.1. The monoisotopic (exact) mass is 448 g/mol. The van der Waals surface area contributed by atoms with E-state index in [9.17, 15) is 14.9 Å². The summed E-state index contributed by atoms with van der Waals surface area (Å²) in [5.41, 5.74) is 2.86. The molecule has 0 aliphatic carbocycles. The number of anilines is 1. The van der Waals surface area contributed by atoms with Crippen molar-refractivity contribution in [2.24, 2.45) is 0 Å². The minimum Gasteiger partial charge on any atom is -0.353 e. The molecule has 0 N–H and O–H groups in total. The van der Waals surface area contributed by atoms with Gasteiger partial charge >= 0.3 is 0 Å². The molecular formula is C22H20N6O3S. The number of pyridine rings is 1. The van der Waals surface area contributed by atoms with Gasteiger partial charge in [-0.25, -0.2) is 9.97 Å². The number of benzene rings is 1. The molecule has 0 saturated carbocycles. The zero-order valence-corrected chi connectivity index (χ0v) is 17.9. The molecule has 0 atom stereocenters. The number of hydrogen-bond acceptors (Lipinski definition) is 7. The molecule has 3 aromatic heterocycles. The third-order valence-corrected chi connectivity index (χ3v) is 6.47. The van der Waals surface area contributed by atoms with Gasteiger partial charge in [0.25, 0.3) is 5.69 Å². The normalized spacial score (nSPS) is 14.1. The van der Waals surface area contributed by atoms with Gasteiger partial charge in [-0.1, -0.05) is 30.3 Å². The first-order valence-corrected chi connectivity index (χ1v) is 11.1. The Morgan fingerprint density at radius 1 is 1.09 bits per heavy atom. The number of nitro groups is 1. The Kier molecular flexibility index (Phi) is 5.28. The van der Waals surface area contributed by atoms with Gasteiger partial charge in [0, 0.05) is 55.1 Å². The molecule has 4 aromatic rings. The first kappa shape index (κ1) is 20.1. The highest BCUT2D eigenvalue weighted by atomic mass is 32.1. The van der Waals surface area contributed by atoms with E-state index in [1.165, 1.54) is 23.6 Å². The predicted molar refractivity (Wildman–Crippen MR) is 122 cm³/mol. The molecular weight excluding hydrogens is 428 g/mol. The fourth-order valence-electron chi connectivity index (χ4n) is 3.83. The number of amides is 1. The van der Waals surface area contributed by atoms with Gasteiger partial charge in [0.2, 0.25) is 5.91 Å². The van der Waals surface area contributed by atoms with E-state index in [0.717, 1.165) is 21.9 Å². The fourth-order valence-corrected chi connectivity index (χ4v) is 4.70. The smallest absolute Gasteiger partial charge is 0.287 e. The summed E-state index contributed by atoms with van der Waals surface area (Å²) >= 11 is 1.54. The van der Waals surface area contributed by atoms with Crippen LogP contribution in [0.4, 0.5) is 11.5 Å². The van der Waals surface area contributed by atoms with Gasteiger partial charge in [-0.2, -0.15) is 0 Å². The van der Waals surface area contributed by atoms with Gasteiger partial charge < -0.3 is 9.80 Å². The first-order valence-electron chi connectivity index (χ1n) is 10.2. The lowest BCUT2D eigenvalue weighted by Gasteiger charge is -2.35. The summed E-state index contributed by atoms with van der Waals surface area (Å²) in [7, 11) is 0. The molecule has 1 aromatic carbocycles. The molecule has 0 bridgehead atoms. The third kappa shape index (κ3) is 3.92. The first-order chi connectivity index (χ1) is 15.6. The largest absolute Gasteiger partial charge is 0.353 e. The van der Waals surface area contributed by atoms with Crippen molar-refractivity contribution in [1.29, 1.82) is 0 Å². The lowest BCUT2D eigenvalue weighted by molar-refractivity contribution is -0.385. The van der Waals surface area contributed by atoms with Crippen LogP contribution in [0.1, 0.15) is 5.69 Å². The van der Waals surface area contributed by atoms with E-state index in [0.29, 0.717) is 38.4 Å². The van der Waals surface area contributed by atoms with Crippen LogP contribution < -0.4 is 4.90 Å². The van der Waals surface area contributed by atoms with Crippen LogP contribution in [0, 0.1) is 10.1 Å². The van der Waals surface area contributed by atoms with Crippen LogP contribution in [-0.2, 0) is 11.2 Å². The number of rotatable bonds is 5. The van der Waals surface area contributed by atoms with Gasteiger partial charge in [-0.05, 0) is 6.07 Å². The molecule has 1 aliphatic heterocycles. The zero-order chi connectivity index (χ0) is 22.1. The maximum absolute atomic E-state index is 12.9. The number of aromatic nitrogens is 3. The lowest BCUT2D eigenvalue weighted by Crippen LogP contribution is -2.49. The van der Waals surface area contributed by atoms with Crippen LogP contribution in [-0.4, -0.2) is 56.3 Å². The molecule has 32 heavy (non-hydrogen) atoms. The Hall–Kier alpha value is -3.79. The van der Waals surface area contributed by atoms with E-state index in [2.05, 4.69) is 9.97 Å². The molecule has 1 amide bonds. The van der Waals surface area contributed by atoms with Gasteiger partial charge in [-0.15, -0.1) is 11.3 Å². The van der Waals surface area contributed by atoms with Gasteiger partial charge in [0.15, 0.2) is 4.96 Å². The molecule has 0 spiro atoms.